The van der Waals surface area contributed by atoms with Gasteiger partial charge in [0.2, 0.25) is 5.78 Å². The topological polar surface area (TPSA) is 132 Å². The number of aliphatic hydroxyl groups excluding tert-OH is 2. The van der Waals surface area contributed by atoms with Gasteiger partial charge in [-0.2, -0.15) is 0 Å². The van der Waals surface area contributed by atoms with E-state index in [9.17, 15) is 34.8 Å². The number of phenolic OH excluding ortho intramolecular Hbond substituents is 1. The van der Waals surface area contributed by atoms with E-state index in [0.717, 1.165) is 19.8 Å². The fraction of sp³-hybridized carbons (Fsp3) is 0.594. The number of phenols is 1. The number of aromatic hydroxyl groups is 1. The molecule has 212 valence electrons. The van der Waals surface area contributed by atoms with Crippen molar-refractivity contribution < 1.29 is 34.8 Å². The summed E-state index contributed by atoms with van der Waals surface area (Å²) in [6.07, 6.45) is 2.75. The summed E-state index contributed by atoms with van der Waals surface area (Å²) < 4.78 is 0. The lowest BCUT2D eigenvalue weighted by molar-refractivity contribution is -0.178. The molecule has 0 aromatic heterocycles. The minimum absolute atomic E-state index is 0.0929. The normalized spacial score (nSPS) is 30.9. The van der Waals surface area contributed by atoms with Gasteiger partial charge < -0.3 is 20.4 Å². The number of benzene rings is 1. The molecule has 0 amide bonds. The quantitative estimate of drug-likeness (QED) is 0.361. The van der Waals surface area contributed by atoms with E-state index < -0.39 is 56.8 Å². The lowest BCUT2D eigenvalue weighted by atomic mass is 9.43. The molecule has 1 saturated carbocycles. The third-order valence-corrected chi connectivity index (χ3v) is 9.33. The van der Waals surface area contributed by atoms with Gasteiger partial charge in [0.1, 0.15) is 22.8 Å². The predicted octanol–water partition coefficient (Wildman–Crippen LogP) is 5.56. The summed E-state index contributed by atoms with van der Waals surface area (Å²) in [5.41, 5.74) is -4.05. The number of carbonyl (C=O) groups excluding carboxylic acids is 3. The maximum atomic E-state index is 14.3. The lowest BCUT2D eigenvalue weighted by Gasteiger charge is -2.59. The number of ketones is 3. The third-order valence-electron chi connectivity index (χ3n) is 9.33. The average molecular weight is 539 g/mol. The van der Waals surface area contributed by atoms with E-state index in [-0.39, 0.29) is 41.1 Å². The van der Waals surface area contributed by atoms with E-state index in [2.05, 4.69) is 20.8 Å². The molecular formula is C32H42O7. The van der Waals surface area contributed by atoms with Crippen molar-refractivity contribution in [3.05, 3.63) is 45.7 Å². The zero-order valence-corrected chi connectivity index (χ0v) is 24.4. The number of Topliss-reactive ketones (excluding diaryl/α,β-unsaturated/α-hetero) is 3. The van der Waals surface area contributed by atoms with Crippen LogP contribution in [0.3, 0.4) is 0 Å². The number of fused-ring (bicyclic) bond motifs is 3. The van der Waals surface area contributed by atoms with Gasteiger partial charge in [-0.25, -0.2) is 0 Å². The van der Waals surface area contributed by atoms with E-state index in [0.29, 0.717) is 17.5 Å². The van der Waals surface area contributed by atoms with E-state index in [1.54, 1.807) is 20.8 Å². The first-order valence-electron chi connectivity index (χ1n) is 13.9. The molecule has 0 aliphatic heterocycles. The Kier molecular flexibility index (Phi) is 6.74. The minimum atomic E-state index is -2.59. The van der Waals surface area contributed by atoms with Crippen LogP contribution in [0.25, 0.3) is 5.76 Å². The highest BCUT2D eigenvalue weighted by atomic mass is 16.3. The highest BCUT2D eigenvalue weighted by Gasteiger charge is 2.72. The number of allylic oxidation sites excluding steroid dienone is 1. The number of carbonyl (C=O) groups is 3. The molecule has 7 nitrogen and oxygen atoms in total. The van der Waals surface area contributed by atoms with Gasteiger partial charge in [-0.15, -0.1) is 0 Å². The monoisotopic (exact) mass is 538 g/mol. The molecule has 4 rings (SSSR count). The van der Waals surface area contributed by atoms with Crippen LogP contribution in [0.15, 0.2) is 29.0 Å². The Hall–Kier alpha value is -2.93. The smallest absolute Gasteiger partial charge is 0.203 e. The number of hydrogen-bond donors (Lipinski definition) is 4. The van der Waals surface area contributed by atoms with Crippen molar-refractivity contribution in [3.63, 3.8) is 0 Å². The van der Waals surface area contributed by atoms with Gasteiger partial charge in [0.05, 0.1) is 5.56 Å². The van der Waals surface area contributed by atoms with Gasteiger partial charge in [0, 0.05) is 22.3 Å². The van der Waals surface area contributed by atoms with Crippen LogP contribution < -0.4 is 0 Å². The second-order valence-corrected chi connectivity index (χ2v) is 14.0. The standard InChI is InChI=1S/C32H42O7/c1-16(2)22-25(35)20(17(3)33)27(37)32(39)28(38)23-26(36)21-19(14-30(23,7)15-31(22,32)8)12-11-18(24(21)34)10-9-13-29(4,5)6/h11-12,16,22,34,36-37,39H,9-10,13-15H2,1-8H3/t22?,30-,31-,32+/m1/s1. The largest absolute Gasteiger partial charge is 0.508 e. The number of aryl methyl sites for hydroxylation is 1. The van der Waals surface area contributed by atoms with Gasteiger partial charge >= 0.3 is 0 Å². The minimum Gasteiger partial charge on any atom is -0.508 e. The molecule has 0 heterocycles. The fourth-order valence-corrected chi connectivity index (χ4v) is 7.76. The van der Waals surface area contributed by atoms with Crippen LogP contribution in [0.1, 0.15) is 91.3 Å². The van der Waals surface area contributed by atoms with E-state index in [1.807, 2.05) is 19.1 Å². The highest BCUT2D eigenvalue weighted by molar-refractivity contribution is 6.24. The maximum Gasteiger partial charge on any atom is 0.203 e. The van der Waals surface area contributed by atoms with Gasteiger partial charge in [0.15, 0.2) is 17.2 Å². The van der Waals surface area contributed by atoms with E-state index in [4.69, 9.17) is 0 Å². The summed E-state index contributed by atoms with van der Waals surface area (Å²) >= 11 is 0. The van der Waals surface area contributed by atoms with Crippen molar-refractivity contribution in [2.45, 2.75) is 93.1 Å². The predicted molar refractivity (Wildman–Crippen MR) is 148 cm³/mol. The van der Waals surface area contributed by atoms with E-state index >= 15 is 0 Å². The summed E-state index contributed by atoms with van der Waals surface area (Å²) in [5, 5.41) is 46.2. The first-order valence-corrected chi connectivity index (χ1v) is 13.9. The number of rotatable bonds is 5. The first-order chi connectivity index (χ1) is 17.8. The Bertz CT molecular complexity index is 1340. The summed E-state index contributed by atoms with van der Waals surface area (Å²) in [5.74, 6) is -4.97. The van der Waals surface area contributed by atoms with Crippen molar-refractivity contribution >= 4 is 23.1 Å². The zero-order valence-electron chi connectivity index (χ0n) is 24.4. The second kappa shape index (κ2) is 9.05. The van der Waals surface area contributed by atoms with Crippen LogP contribution in [0.2, 0.25) is 0 Å². The Balaban J connectivity index is 1.92. The summed E-state index contributed by atoms with van der Waals surface area (Å²) in [6.45, 7) is 14.6. The van der Waals surface area contributed by atoms with Gasteiger partial charge in [-0.05, 0) is 61.5 Å². The number of aliphatic hydroxyl groups is 3. The molecule has 1 aromatic carbocycles. The molecule has 0 spiro atoms. The molecule has 3 aliphatic rings. The van der Waals surface area contributed by atoms with Crippen molar-refractivity contribution in [2.24, 2.45) is 28.1 Å². The SMILES string of the molecule is CC(=O)C1=C(O)[C@]2(O)C(=O)C3=C(O)c4c(ccc(CCCC(C)(C)C)c4O)C[C@]3(C)C[C@]2(C)C(C(C)C)C1=O. The molecule has 1 unspecified atom stereocenters. The average Bonchev–Trinajstić information content (AvgIpc) is 2.76. The summed E-state index contributed by atoms with van der Waals surface area (Å²) in [4.78, 5) is 40.3. The Morgan fingerprint density at radius 3 is 2.26 bits per heavy atom. The van der Waals surface area contributed by atoms with Crippen molar-refractivity contribution in [1.82, 2.24) is 0 Å². The molecular weight excluding hydrogens is 496 g/mol. The van der Waals surface area contributed by atoms with Crippen LogP contribution in [0.4, 0.5) is 0 Å². The summed E-state index contributed by atoms with van der Waals surface area (Å²) in [7, 11) is 0. The second-order valence-electron chi connectivity index (χ2n) is 14.0. The first kappa shape index (κ1) is 29.1. The highest BCUT2D eigenvalue weighted by Crippen LogP contribution is 2.65. The van der Waals surface area contributed by atoms with Crippen LogP contribution in [0.5, 0.6) is 5.75 Å². The van der Waals surface area contributed by atoms with Crippen LogP contribution in [0, 0.1) is 28.1 Å². The Morgan fingerprint density at radius 2 is 1.72 bits per heavy atom. The number of hydrogen-bond acceptors (Lipinski definition) is 7. The maximum absolute atomic E-state index is 14.3. The van der Waals surface area contributed by atoms with Gasteiger partial charge in [0.25, 0.3) is 0 Å². The van der Waals surface area contributed by atoms with Crippen LogP contribution in [-0.2, 0) is 27.2 Å². The molecule has 4 atom stereocenters. The molecule has 39 heavy (non-hydrogen) atoms. The van der Waals surface area contributed by atoms with Gasteiger partial charge in [-0.1, -0.05) is 60.6 Å². The lowest BCUT2D eigenvalue weighted by Crippen LogP contribution is -2.69. The molecule has 0 saturated heterocycles. The Labute approximate surface area is 230 Å². The fourth-order valence-electron chi connectivity index (χ4n) is 7.76. The molecule has 1 aromatic rings. The van der Waals surface area contributed by atoms with Crippen molar-refractivity contribution in [1.29, 1.82) is 0 Å². The molecule has 1 fully saturated rings. The molecule has 4 N–H and O–H groups in total. The third kappa shape index (κ3) is 4.07. The zero-order chi connectivity index (χ0) is 29.5. The Morgan fingerprint density at radius 1 is 1.10 bits per heavy atom. The van der Waals surface area contributed by atoms with Crippen molar-refractivity contribution in [3.8, 4) is 5.75 Å². The van der Waals surface area contributed by atoms with Crippen molar-refractivity contribution in [2.75, 3.05) is 0 Å². The van der Waals surface area contributed by atoms with Crippen LogP contribution in [-0.4, -0.2) is 43.4 Å². The van der Waals surface area contributed by atoms with Gasteiger partial charge in [-0.3, -0.25) is 14.4 Å². The molecule has 3 aliphatic carbocycles. The van der Waals surface area contributed by atoms with E-state index in [1.165, 1.54) is 0 Å². The molecule has 7 heteroatoms. The molecule has 0 bridgehead atoms. The summed E-state index contributed by atoms with van der Waals surface area (Å²) in [6, 6.07) is 3.72. The van der Waals surface area contributed by atoms with Crippen LogP contribution >= 0.6 is 0 Å². The molecule has 0 radical (unpaired) electrons.